The average molecular weight is 185 g/mol. The molecule has 1 aliphatic rings. The van der Waals surface area contributed by atoms with Gasteiger partial charge in [0.15, 0.2) is 0 Å². The fourth-order valence-electron chi connectivity index (χ4n) is 1.62. The second-order valence-electron chi connectivity index (χ2n) is 3.33. The second-order valence-corrected chi connectivity index (χ2v) is 3.33. The molecule has 1 heterocycles. The Morgan fingerprint density at radius 3 is 2.69 bits per heavy atom. The first-order valence-electron chi connectivity index (χ1n) is 4.48. The fourth-order valence-corrected chi connectivity index (χ4v) is 1.62. The van der Waals surface area contributed by atoms with E-state index in [4.69, 9.17) is 0 Å². The predicted octanol–water partition coefficient (Wildman–Crippen LogP) is 0.418. The van der Waals surface area contributed by atoms with E-state index >= 15 is 0 Å². The van der Waals surface area contributed by atoms with Gasteiger partial charge in [-0.1, -0.05) is 0 Å². The third-order valence-electron chi connectivity index (χ3n) is 2.40. The second kappa shape index (κ2) is 4.25. The maximum Gasteiger partial charge on any atom is 0.310 e. The first kappa shape index (κ1) is 10.0. The summed E-state index contributed by atoms with van der Waals surface area (Å²) in [6, 6.07) is 0. The molecule has 74 valence electrons. The van der Waals surface area contributed by atoms with E-state index in [0.717, 1.165) is 19.4 Å². The monoisotopic (exact) mass is 185 g/mol. The SMILES string of the molecule is COC(=O)[C@H]1CCCN(C(C)=O)C1. The van der Waals surface area contributed by atoms with Gasteiger partial charge >= 0.3 is 5.97 Å². The molecule has 0 spiro atoms. The van der Waals surface area contributed by atoms with E-state index in [1.807, 2.05) is 0 Å². The maximum atomic E-state index is 11.2. The van der Waals surface area contributed by atoms with Crippen LogP contribution in [-0.2, 0) is 14.3 Å². The summed E-state index contributed by atoms with van der Waals surface area (Å²) < 4.78 is 4.64. The quantitative estimate of drug-likeness (QED) is 0.556. The molecule has 0 aromatic heterocycles. The summed E-state index contributed by atoms with van der Waals surface area (Å²) in [6.07, 6.45) is 1.72. The molecular weight excluding hydrogens is 170 g/mol. The van der Waals surface area contributed by atoms with E-state index in [0.29, 0.717) is 6.54 Å². The number of ether oxygens (including phenoxy) is 1. The molecule has 1 amide bonds. The van der Waals surface area contributed by atoms with Gasteiger partial charge in [0.1, 0.15) is 0 Å². The van der Waals surface area contributed by atoms with E-state index in [9.17, 15) is 9.59 Å². The summed E-state index contributed by atoms with van der Waals surface area (Å²) in [6.45, 7) is 2.81. The highest BCUT2D eigenvalue weighted by molar-refractivity contribution is 5.76. The number of amides is 1. The topological polar surface area (TPSA) is 46.6 Å². The van der Waals surface area contributed by atoms with Crippen LogP contribution in [-0.4, -0.2) is 37.0 Å². The zero-order valence-corrected chi connectivity index (χ0v) is 8.08. The first-order chi connectivity index (χ1) is 6.15. The van der Waals surface area contributed by atoms with Crippen molar-refractivity contribution in [2.24, 2.45) is 5.92 Å². The van der Waals surface area contributed by atoms with Crippen molar-refractivity contribution in [3.8, 4) is 0 Å². The van der Waals surface area contributed by atoms with Gasteiger partial charge in [-0.25, -0.2) is 0 Å². The van der Waals surface area contributed by atoms with Crippen LogP contribution in [0.5, 0.6) is 0 Å². The number of carbonyl (C=O) groups is 2. The molecule has 1 rings (SSSR count). The molecule has 0 aromatic rings. The third kappa shape index (κ3) is 2.44. The fraction of sp³-hybridized carbons (Fsp3) is 0.778. The van der Waals surface area contributed by atoms with Crippen LogP contribution in [0.15, 0.2) is 0 Å². The molecule has 0 radical (unpaired) electrons. The number of esters is 1. The average Bonchev–Trinajstić information content (AvgIpc) is 2.17. The number of methoxy groups -OCH3 is 1. The van der Waals surface area contributed by atoms with Gasteiger partial charge in [0.2, 0.25) is 5.91 Å². The van der Waals surface area contributed by atoms with Crippen molar-refractivity contribution in [1.82, 2.24) is 4.90 Å². The van der Waals surface area contributed by atoms with Crippen molar-refractivity contribution in [2.45, 2.75) is 19.8 Å². The number of nitrogens with zero attached hydrogens (tertiary/aromatic N) is 1. The van der Waals surface area contributed by atoms with Crippen molar-refractivity contribution in [1.29, 1.82) is 0 Å². The van der Waals surface area contributed by atoms with Crippen LogP contribution in [0.4, 0.5) is 0 Å². The normalized spacial score (nSPS) is 22.6. The lowest BCUT2D eigenvalue weighted by Gasteiger charge is -2.30. The van der Waals surface area contributed by atoms with E-state index in [1.54, 1.807) is 4.90 Å². The van der Waals surface area contributed by atoms with Crippen molar-refractivity contribution in [3.05, 3.63) is 0 Å². The molecule has 1 fully saturated rings. The Hall–Kier alpha value is -1.06. The Bertz CT molecular complexity index is 215. The van der Waals surface area contributed by atoms with Gasteiger partial charge in [0, 0.05) is 20.0 Å². The minimum atomic E-state index is -0.203. The molecule has 4 heteroatoms. The van der Waals surface area contributed by atoms with Gasteiger partial charge in [-0.2, -0.15) is 0 Å². The van der Waals surface area contributed by atoms with Crippen LogP contribution >= 0.6 is 0 Å². The molecule has 0 N–H and O–H groups in total. The van der Waals surface area contributed by atoms with Crippen LogP contribution in [0.1, 0.15) is 19.8 Å². The molecule has 1 saturated heterocycles. The van der Waals surface area contributed by atoms with E-state index in [-0.39, 0.29) is 17.8 Å². The van der Waals surface area contributed by atoms with Gasteiger partial charge < -0.3 is 9.64 Å². The van der Waals surface area contributed by atoms with Gasteiger partial charge in [0.05, 0.1) is 13.0 Å². The van der Waals surface area contributed by atoms with Crippen LogP contribution in [0.3, 0.4) is 0 Å². The van der Waals surface area contributed by atoms with E-state index in [1.165, 1.54) is 14.0 Å². The van der Waals surface area contributed by atoms with Gasteiger partial charge in [0.25, 0.3) is 0 Å². The number of rotatable bonds is 1. The molecule has 1 aliphatic heterocycles. The van der Waals surface area contributed by atoms with E-state index < -0.39 is 0 Å². The van der Waals surface area contributed by atoms with Crippen molar-refractivity contribution in [3.63, 3.8) is 0 Å². The lowest BCUT2D eigenvalue weighted by atomic mass is 9.98. The summed E-state index contributed by atoms with van der Waals surface area (Å²) in [7, 11) is 1.38. The minimum absolute atomic E-state index is 0.0357. The zero-order chi connectivity index (χ0) is 9.84. The van der Waals surface area contributed by atoms with Crippen molar-refractivity contribution >= 4 is 11.9 Å². The number of hydrogen-bond donors (Lipinski definition) is 0. The number of piperidine rings is 1. The molecular formula is C9H15NO3. The molecule has 4 nitrogen and oxygen atoms in total. The Morgan fingerprint density at radius 2 is 2.15 bits per heavy atom. The highest BCUT2D eigenvalue weighted by Crippen LogP contribution is 2.17. The molecule has 1 atom stereocenters. The largest absolute Gasteiger partial charge is 0.469 e. The first-order valence-corrected chi connectivity index (χ1v) is 4.48. The number of likely N-dealkylation sites (tertiary alicyclic amines) is 1. The third-order valence-corrected chi connectivity index (χ3v) is 2.40. The van der Waals surface area contributed by atoms with E-state index in [2.05, 4.69) is 4.74 Å². The zero-order valence-electron chi connectivity index (χ0n) is 8.08. The minimum Gasteiger partial charge on any atom is -0.469 e. The summed E-state index contributed by atoms with van der Waals surface area (Å²) in [5, 5.41) is 0. The lowest BCUT2D eigenvalue weighted by Crippen LogP contribution is -2.41. The highest BCUT2D eigenvalue weighted by atomic mass is 16.5. The Morgan fingerprint density at radius 1 is 1.46 bits per heavy atom. The van der Waals surface area contributed by atoms with Gasteiger partial charge in [-0.05, 0) is 12.8 Å². The molecule has 0 saturated carbocycles. The van der Waals surface area contributed by atoms with Crippen molar-refractivity contribution < 1.29 is 14.3 Å². The maximum absolute atomic E-state index is 11.2. The van der Waals surface area contributed by atoms with Crippen LogP contribution < -0.4 is 0 Å². The summed E-state index contributed by atoms with van der Waals surface area (Å²) in [4.78, 5) is 23.9. The number of hydrogen-bond acceptors (Lipinski definition) is 3. The molecule has 0 bridgehead atoms. The van der Waals surface area contributed by atoms with Gasteiger partial charge in [-0.3, -0.25) is 9.59 Å². The highest BCUT2D eigenvalue weighted by Gasteiger charge is 2.27. The summed E-state index contributed by atoms with van der Waals surface area (Å²) >= 11 is 0. The smallest absolute Gasteiger partial charge is 0.310 e. The van der Waals surface area contributed by atoms with Crippen molar-refractivity contribution in [2.75, 3.05) is 20.2 Å². The number of carbonyl (C=O) groups excluding carboxylic acids is 2. The van der Waals surface area contributed by atoms with Gasteiger partial charge in [-0.15, -0.1) is 0 Å². The Balaban J connectivity index is 2.51. The molecule has 13 heavy (non-hydrogen) atoms. The van der Waals surface area contributed by atoms with Crippen LogP contribution in [0, 0.1) is 5.92 Å². The van der Waals surface area contributed by atoms with Crippen LogP contribution in [0.25, 0.3) is 0 Å². The lowest BCUT2D eigenvalue weighted by molar-refractivity contribution is -0.148. The standard InChI is InChI=1S/C9H15NO3/c1-7(11)10-5-3-4-8(6-10)9(12)13-2/h8H,3-6H2,1-2H3/t8-/m0/s1. The Kier molecular flexibility index (Phi) is 3.28. The van der Waals surface area contributed by atoms with Crippen LogP contribution in [0.2, 0.25) is 0 Å². The Labute approximate surface area is 77.8 Å². The summed E-state index contributed by atoms with van der Waals surface area (Å²) in [5.41, 5.74) is 0. The molecule has 0 unspecified atom stereocenters. The molecule has 0 aliphatic carbocycles. The summed E-state index contributed by atoms with van der Waals surface area (Å²) in [5.74, 6) is -0.290. The predicted molar refractivity (Wildman–Crippen MR) is 47.0 cm³/mol. The molecule has 0 aromatic carbocycles.